The van der Waals surface area contributed by atoms with Gasteiger partial charge in [-0.1, -0.05) is 31.4 Å². The zero-order chi connectivity index (χ0) is 25.6. The Morgan fingerprint density at radius 2 is 1.66 bits per heavy atom. The largest absolute Gasteiger partial charge is 0.352 e. The first-order chi connectivity index (χ1) is 16.5. The van der Waals surface area contributed by atoms with Gasteiger partial charge in [0, 0.05) is 16.2 Å². The van der Waals surface area contributed by atoms with E-state index in [1.807, 2.05) is 0 Å². The summed E-state index contributed by atoms with van der Waals surface area (Å²) in [5.74, 6) is -1.21. The summed E-state index contributed by atoms with van der Waals surface area (Å²) in [5, 5.41) is 3.04. The second-order valence-corrected chi connectivity index (χ2v) is 12.1. The molecule has 3 rings (SSSR count). The lowest BCUT2D eigenvalue weighted by Gasteiger charge is -2.33. The Kier molecular flexibility index (Phi) is 9.51. The van der Waals surface area contributed by atoms with Gasteiger partial charge in [-0.05, 0) is 84.3 Å². The van der Waals surface area contributed by atoms with E-state index < -0.39 is 34.3 Å². The maximum absolute atomic E-state index is 13.5. The van der Waals surface area contributed by atoms with Gasteiger partial charge in [0.25, 0.3) is 0 Å². The van der Waals surface area contributed by atoms with Crippen molar-refractivity contribution in [1.29, 1.82) is 0 Å². The molecule has 0 bridgehead atoms. The van der Waals surface area contributed by atoms with Crippen molar-refractivity contribution in [1.82, 2.24) is 10.2 Å². The van der Waals surface area contributed by atoms with Crippen LogP contribution in [0.25, 0.3) is 0 Å². The summed E-state index contributed by atoms with van der Waals surface area (Å²) in [5.41, 5.74) is 1.000. The van der Waals surface area contributed by atoms with Gasteiger partial charge in [0.1, 0.15) is 18.4 Å². The molecule has 1 N–H and O–H groups in total. The highest BCUT2D eigenvalue weighted by molar-refractivity contribution is 14.1. The van der Waals surface area contributed by atoms with E-state index >= 15 is 0 Å². The third-order valence-corrected chi connectivity index (χ3v) is 8.04. The minimum Gasteiger partial charge on any atom is -0.352 e. The Balaban J connectivity index is 1.85. The van der Waals surface area contributed by atoms with Gasteiger partial charge in [0.05, 0.1) is 11.9 Å². The maximum Gasteiger partial charge on any atom is 0.244 e. The molecule has 0 saturated heterocycles. The van der Waals surface area contributed by atoms with Gasteiger partial charge in [-0.15, -0.1) is 0 Å². The third kappa shape index (κ3) is 7.89. The van der Waals surface area contributed by atoms with Crippen LogP contribution in [0.3, 0.4) is 0 Å². The number of benzene rings is 2. The molecule has 1 saturated carbocycles. The molecule has 190 valence electrons. The van der Waals surface area contributed by atoms with Crippen LogP contribution in [-0.4, -0.2) is 50.0 Å². The maximum atomic E-state index is 13.5. The van der Waals surface area contributed by atoms with E-state index in [4.69, 9.17) is 0 Å². The molecule has 10 heteroatoms. The van der Waals surface area contributed by atoms with Gasteiger partial charge in [0.15, 0.2) is 0 Å². The average molecular weight is 616 g/mol. The Morgan fingerprint density at radius 1 is 1.06 bits per heavy atom. The lowest BCUT2D eigenvalue weighted by molar-refractivity contribution is -0.139. The second kappa shape index (κ2) is 12.2. The highest BCUT2D eigenvalue weighted by Gasteiger charge is 2.31. The van der Waals surface area contributed by atoms with E-state index in [2.05, 4.69) is 27.9 Å². The van der Waals surface area contributed by atoms with Crippen LogP contribution >= 0.6 is 22.6 Å². The van der Waals surface area contributed by atoms with Crippen LogP contribution in [0.15, 0.2) is 48.5 Å². The van der Waals surface area contributed by atoms with Gasteiger partial charge in [-0.3, -0.25) is 13.9 Å². The fourth-order valence-electron chi connectivity index (χ4n) is 4.16. The number of rotatable bonds is 9. The van der Waals surface area contributed by atoms with Crippen molar-refractivity contribution in [2.75, 3.05) is 17.1 Å². The smallest absolute Gasteiger partial charge is 0.244 e. The molecule has 35 heavy (non-hydrogen) atoms. The van der Waals surface area contributed by atoms with Crippen LogP contribution in [0.1, 0.15) is 44.6 Å². The van der Waals surface area contributed by atoms with E-state index in [-0.39, 0.29) is 18.5 Å². The number of hydrogen-bond donors (Lipinski definition) is 1. The molecule has 1 atom stereocenters. The van der Waals surface area contributed by atoms with Gasteiger partial charge >= 0.3 is 0 Å². The Hall–Kier alpha value is -2.21. The summed E-state index contributed by atoms with van der Waals surface area (Å²) in [6.07, 6.45) is 6.10. The summed E-state index contributed by atoms with van der Waals surface area (Å²) in [7, 11) is -3.77. The molecule has 0 radical (unpaired) electrons. The summed E-state index contributed by atoms with van der Waals surface area (Å²) in [6, 6.07) is 11.7. The first kappa shape index (κ1) is 27.4. The fourth-order valence-corrected chi connectivity index (χ4v) is 5.37. The summed E-state index contributed by atoms with van der Waals surface area (Å²) in [4.78, 5) is 28.0. The van der Waals surface area contributed by atoms with Crippen LogP contribution in [0.5, 0.6) is 0 Å². The molecule has 0 aliphatic heterocycles. The van der Waals surface area contributed by atoms with Crippen molar-refractivity contribution < 1.29 is 22.4 Å². The summed E-state index contributed by atoms with van der Waals surface area (Å²) < 4.78 is 40.5. The minimum absolute atomic E-state index is 0.0443. The zero-order valence-electron chi connectivity index (χ0n) is 19.9. The van der Waals surface area contributed by atoms with Crippen molar-refractivity contribution in [3.05, 3.63) is 63.5 Å². The number of nitrogens with zero attached hydrogens (tertiary/aromatic N) is 2. The van der Waals surface area contributed by atoms with Crippen molar-refractivity contribution in [3.63, 3.8) is 0 Å². The highest BCUT2D eigenvalue weighted by atomic mass is 127. The number of nitrogens with one attached hydrogen (secondary N) is 1. The van der Waals surface area contributed by atoms with Crippen molar-refractivity contribution in [2.45, 2.75) is 57.7 Å². The lowest BCUT2D eigenvalue weighted by Crippen LogP contribution is -2.52. The molecule has 0 unspecified atom stereocenters. The third-order valence-electron chi connectivity index (χ3n) is 6.18. The molecular formula is C25H31FIN3O4S. The van der Waals surface area contributed by atoms with Crippen LogP contribution in [-0.2, 0) is 26.2 Å². The van der Waals surface area contributed by atoms with Gasteiger partial charge in [0.2, 0.25) is 21.8 Å². The highest BCUT2D eigenvalue weighted by Crippen LogP contribution is 2.21. The first-order valence-corrected chi connectivity index (χ1v) is 14.5. The monoisotopic (exact) mass is 615 g/mol. The number of sulfonamides is 1. The molecule has 1 aliphatic carbocycles. The molecule has 1 fully saturated rings. The Morgan fingerprint density at radius 3 is 2.23 bits per heavy atom. The van der Waals surface area contributed by atoms with Crippen LogP contribution in [0.2, 0.25) is 0 Å². The van der Waals surface area contributed by atoms with E-state index in [0.717, 1.165) is 46.2 Å². The van der Waals surface area contributed by atoms with E-state index in [1.54, 1.807) is 43.3 Å². The fraction of sp³-hybridized carbons (Fsp3) is 0.440. The summed E-state index contributed by atoms with van der Waals surface area (Å²) >= 11 is 2.12. The first-order valence-electron chi connectivity index (χ1n) is 11.6. The van der Waals surface area contributed by atoms with E-state index in [0.29, 0.717) is 11.3 Å². The standard InChI is InChI=1S/C25H31FIN3O4S/c1-18(25(32)28-22-6-4-3-5-7-22)29(16-19-8-10-20(26)11-9-19)24(31)17-30(35(2,33)34)23-14-12-21(27)13-15-23/h8-15,18,22H,3-7,16-17H2,1-2H3,(H,28,32)/t18-/m0/s1. The number of amides is 2. The molecule has 0 heterocycles. The molecule has 2 aromatic rings. The molecule has 1 aliphatic rings. The van der Waals surface area contributed by atoms with Gasteiger partial charge in [-0.2, -0.15) is 0 Å². The number of anilines is 1. The predicted octanol–water partition coefficient (Wildman–Crippen LogP) is 4.06. The normalized spacial score (nSPS) is 15.3. The molecule has 2 aromatic carbocycles. The Labute approximate surface area is 220 Å². The van der Waals surface area contributed by atoms with Crippen molar-refractivity contribution in [3.8, 4) is 0 Å². The van der Waals surface area contributed by atoms with Crippen molar-refractivity contribution >= 4 is 50.1 Å². The summed E-state index contributed by atoms with van der Waals surface area (Å²) in [6.45, 7) is 1.22. The van der Waals surface area contributed by atoms with Gasteiger partial charge in [-0.25, -0.2) is 12.8 Å². The number of halogens is 2. The Bertz CT molecular complexity index is 1120. The molecular weight excluding hydrogens is 584 g/mol. The van der Waals surface area contributed by atoms with E-state index in [1.165, 1.54) is 17.0 Å². The second-order valence-electron chi connectivity index (χ2n) is 8.91. The molecule has 7 nitrogen and oxygen atoms in total. The SMILES string of the molecule is C[C@@H](C(=O)NC1CCCCC1)N(Cc1ccc(F)cc1)C(=O)CN(c1ccc(I)cc1)S(C)(=O)=O. The van der Waals surface area contributed by atoms with E-state index in [9.17, 15) is 22.4 Å². The average Bonchev–Trinajstić information content (AvgIpc) is 2.82. The van der Waals surface area contributed by atoms with Gasteiger partial charge < -0.3 is 10.2 Å². The van der Waals surface area contributed by atoms with Crippen molar-refractivity contribution in [2.24, 2.45) is 0 Å². The topological polar surface area (TPSA) is 86.8 Å². The minimum atomic E-state index is -3.77. The quantitative estimate of drug-likeness (QED) is 0.432. The molecule has 2 amide bonds. The molecule has 0 spiro atoms. The van der Waals surface area contributed by atoms with Crippen LogP contribution in [0.4, 0.5) is 10.1 Å². The number of carbonyl (C=O) groups is 2. The molecule has 0 aromatic heterocycles. The van der Waals surface area contributed by atoms with Crippen LogP contribution < -0.4 is 9.62 Å². The predicted molar refractivity (Wildman–Crippen MR) is 143 cm³/mol. The number of carbonyl (C=O) groups excluding carboxylic acids is 2. The zero-order valence-corrected chi connectivity index (χ0v) is 22.9. The number of hydrogen-bond acceptors (Lipinski definition) is 4. The van der Waals surface area contributed by atoms with Crippen LogP contribution in [0, 0.1) is 9.39 Å². The lowest BCUT2D eigenvalue weighted by atomic mass is 9.95.